The Hall–Kier alpha value is -2.22. The average Bonchev–Trinajstić information content (AvgIpc) is 3.32. The van der Waals surface area contributed by atoms with Gasteiger partial charge in [0.2, 0.25) is 10.0 Å². The standard InChI is InChI=1S/C23H31N3O3S/c1-3-25(4-2)18-21-11-6-5-10-20(21)17-24-23(27)19-12-9-13-22(16-19)30(28,29)26-14-7-8-15-26/h5-6,9-13,16H,3-4,7-8,14-15,17-18H2,1-2H3,(H,24,27). The third kappa shape index (κ3) is 5.28. The van der Waals surface area contributed by atoms with Gasteiger partial charge in [0.1, 0.15) is 0 Å². The van der Waals surface area contributed by atoms with Crippen LogP contribution in [0, 0.1) is 0 Å². The van der Waals surface area contributed by atoms with Crippen LogP contribution in [0.1, 0.15) is 48.2 Å². The Balaban J connectivity index is 1.71. The Morgan fingerprint density at radius 2 is 1.67 bits per heavy atom. The maximum atomic E-state index is 12.8. The normalized spacial score (nSPS) is 14.9. The number of carbonyl (C=O) groups excluding carboxylic acids is 1. The number of carbonyl (C=O) groups is 1. The summed E-state index contributed by atoms with van der Waals surface area (Å²) in [7, 11) is -3.54. The molecule has 1 aliphatic rings. The lowest BCUT2D eigenvalue weighted by molar-refractivity contribution is 0.0950. The van der Waals surface area contributed by atoms with Gasteiger partial charge in [0.15, 0.2) is 0 Å². The fraction of sp³-hybridized carbons (Fsp3) is 0.435. The van der Waals surface area contributed by atoms with Crippen LogP contribution in [0.5, 0.6) is 0 Å². The van der Waals surface area contributed by atoms with Crippen molar-refractivity contribution >= 4 is 15.9 Å². The van der Waals surface area contributed by atoms with Gasteiger partial charge >= 0.3 is 0 Å². The first-order chi connectivity index (χ1) is 14.5. The third-order valence-corrected chi connectivity index (χ3v) is 7.54. The van der Waals surface area contributed by atoms with E-state index in [0.29, 0.717) is 25.2 Å². The summed E-state index contributed by atoms with van der Waals surface area (Å²) in [5.74, 6) is -0.272. The highest BCUT2D eigenvalue weighted by Crippen LogP contribution is 2.21. The van der Waals surface area contributed by atoms with E-state index in [4.69, 9.17) is 0 Å². The minimum Gasteiger partial charge on any atom is -0.348 e. The summed E-state index contributed by atoms with van der Waals surface area (Å²) in [4.78, 5) is 15.2. The van der Waals surface area contributed by atoms with Crippen molar-refractivity contribution in [1.29, 1.82) is 0 Å². The number of benzene rings is 2. The van der Waals surface area contributed by atoms with E-state index in [9.17, 15) is 13.2 Å². The van der Waals surface area contributed by atoms with Gasteiger partial charge in [-0.25, -0.2) is 8.42 Å². The van der Waals surface area contributed by atoms with Gasteiger partial charge in [-0.05, 0) is 55.3 Å². The Kier molecular flexibility index (Phi) is 7.64. The molecule has 0 atom stereocenters. The van der Waals surface area contributed by atoms with Crippen molar-refractivity contribution in [2.24, 2.45) is 0 Å². The Morgan fingerprint density at radius 3 is 2.33 bits per heavy atom. The largest absolute Gasteiger partial charge is 0.348 e. The second kappa shape index (κ2) is 10.2. The molecule has 0 aromatic heterocycles. The molecule has 1 heterocycles. The van der Waals surface area contributed by atoms with E-state index in [0.717, 1.165) is 38.0 Å². The van der Waals surface area contributed by atoms with Crippen LogP contribution in [0.2, 0.25) is 0 Å². The number of amides is 1. The molecule has 1 aliphatic heterocycles. The Bertz CT molecular complexity index is 965. The van der Waals surface area contributed by atoms with Gasteiger partial charge in [0.25, 0.3) is 5.91 Å². The number of nitrogens with one attached hydrogen (secondary N) is 1. The van der Waals surface area contributed by atoms with Crippen LogP contribution in [-0.2, 0) is 23.1 Å². The fourth-order valence-corrected chi connectivity index (χ4v) is 5.29. The number of hydrogen-bond donors (Lipinski definition) is 1. The van der Waals surface area contributed by atoms with Crippen LogP contribution in [0.4, 0.5) is 0 Å². The van der Waals surface area contributed by atoms with Gasteiger partial charge < -0.3 is 5.32 Å². The zero-order chi connectivity index (χ0) is 21.6. The van der Waals surface area contributed by atoms with E-state index >= 15 is 0 Å². The van der Waals surface area contributed by atoms with Crippen molar-refractivity contribution in [3.8, 4) is 0 Å². The molecule has 0 saturated carbocycles. The van der Waals surface area contributed by atoms with Gasteiger partial charge in [-0.15, -0.1) is 0 Å². The van der Waals surface area contributed by atoms with Gasteiger partial charge in [-0.1, -0.05) is 44.2 Å². The van der Waals surface area contributed by atoms with Gasteiger partial charge in [-0.3, -0.25) is 9.69 Å². The molecule has 1 N–H and O–H groups in total. The summed E-state index contributed by atoms with van der Waals surface area (Å²) in [6.45, 7) is 8.53. The Morgan fingerprint density at radius 1 is 1.00 bits per heavy atom. The second-order valence-corrected chi connectivity index (χ2v) is 9.49. The van der Waals surface area contributed by atoms with Crippen LogP contribution in [0.3, 0.4) is 0 Å². The first kappa shape index (κ1) is 22.5. The van der Waals surface area contributed by atoms with Crippen LogP contribution in [0.15, 0.2) is 53.4 Å². The highest BCUT2D eigenvalue weighted by molar-refractivity contribution is 7.89. The molecule has 3 rings (SSSR count). The molecule has 0 bridgehead atoms. The SMILES string of the molecule is CCN(CC)Cc1ccccc1CNC(=O)c1cccc(S(=O)(=O)N2CCCC2)c1. The summed E-state index contributed by atoms with van der Waals surface area (Å²) in [5, 5.41) is 2.95. The van der Waals surface area contributed by atoms with Crippen LogP contribution >= 0.6 is 0 Å². The Labute approximate surface area is 179 Å². The predicted molar refractivity (Wildman–Crippen MR) is 119 cm³/mol. The van der Waals surface area contributed by atoms with Crippen molar-refractivity contribution in [3.05, 3.63) is 65.2 Å². The lowest BCUT2D eigenvalue weighted by atomic mass is 10.1. The molecule has 6 nitrogen and oxygen atoms in total. The number of rotatable bonds is 9. The van der Waals surface area contributed by atoms with Crippen molar-refractivity contribution in [1.82, 2.24) is 14.5 Å². The topological polar surface area (TPSA) is 69.7 Å². The molecule has 0 spiro atoms. The molecule has 1 amide bonds. The molecule has 1 fully saturated rings. The third-order valence-electron chi connectivity index (χ3n) is 5.65. The van der Waals surface area contributed by atoms with Crippen molar-refractivity contribution in [3.63, 3.8) is 0 Å². The number of hydrogen-bond acceptors (Lipinski definition) is 4. The molecular formula is C23H31N3O3S. The maximum absolute atomic E-state index is 12.8. The highest BCUT2D eigenvalue weighted by atomic mass is 32.2. The molecule has 30 heavy (non-hydrogen) atoms. The first-order valence-corrected chi connectivity index (χ1v) is 12.1. The molecule has 1 saturated heterocycles. The quantitative estimate of drug-likeness (QED) is 0.664. The fourth-order valence-electron chi connectivity index (χ4n) is 3.73. The van der Waals surface area contributed by atoms with Crippen molar-refractivity contribution in [2.45, 2.75) is 44.7 Å². The summed E-state index contributed by atoms with van der Waals surface area (Å²) in [5.41, 5.74) is 2.61. The van der Waals surface area contributed by atoms with E-state index in [-0.39, 0.29) is 10.8 Å². The van der Waals surface area contributed by atoms with E-state index in [1.807, 2.05) is 18.2 Å². The van der Waals surface area contributed by atoms with Gasteiger partial charge in [0.05, 0.1) is 4.90 Å². The van der Waals surface area contributed by atoms with Crippen LogP contribution < -0.4 is 5.32 Å². The summed E-state index contributed by atoms with van der Waals surface area (Å²) in [6, 6.07) is 14.4. The minimum absolute atomic E-state index is 0.180. The summed E-state index contributed by atoms with van der Waals surface area (Å²) in [6.07, 6.45) is 1.76. The second-order valence-electron chi connectivity index (χ2n) is 7.55. The number of nitrogens with zero attached hydrogens (tertiary/aromatic N) is 2. The van der Waals surface area contributed by atoms with E-state index in [1.54, 1.807) is 18.2 Å². The molecule has 2 aromatic carbocycles. The van der Waals surface area contributed by atoms with Crippen LogP contribution in [0.25, 0.3) is 0 Å². The maximum Gasteiger partial charge on any atom is 0.251 e. The first-order valence-electron chi connectivity index (χ1n) is 10.6. The van der Waals surface area contributed by atoms with E-state index in [2.05, 4.69) is 30.1 Å². The lowest BCUT2D eigenvalue weighted by Crippen LogP contribution is -2.28. The van der Waals surface area contributed by atoms with Crippen molar-refractivity contribution in [2.75, 3.05) is 26.2 Å². The molecule has 162 valence electrons. The van der Waals surface area contributed by atoms with Crippen molar-refractivity contribution < 1.29 is 13.2 Å². The molecule has 7 heteroatoms. The number of sulfonamides is 1. The summed E-state index contributed by atoms with van der Waals surface area (Å²) >= 11 is 0. The minimum atomic E-state index is -3.54. The van der Waals surface area contributed by atoms with E-state index < -0.39 is 10.0 Å². The molecule has 2 aromatic rings. The molecule has 0 unspecified atom stereocenters. The summed E-state index contributed by atoms with van der Waals surface area (Å²) < 4.78 is 27.1. The smallest absolute Gasteiger partial charge is 0.251 e. The molecule has 0 radical (unpaired) electrons. The molecular weight excluding hydrogens is 398 g/mol. The zero-order valence-corrected chi connectivity index (χ0v) is 18.6. The average molecular weight is 430 g/mol. The van der Waals surface area contributed by atoms with Gasteiger partial charge in [-0.2, -0.15) is 4.31 Å². The lowest BCUT2D eigenvalue weighted by Gasteiger charge is -2.20. The van der Waals surface area contributed by atoms with Gasteiger partial charge in [0, 0.05) is 31.7 Å². The predicted octanol–water partition coefficient (Wildman–Crippen LogP) is 3.24. The van der Waals surface area contributed by atoms with Crippen LogP contribution in [-0.4, -0.2) is 49.7 Å². The zero-order valence-electron chi connectivity index (χ0n) is 17.8. The highest BCUT2D eigenvalue weighted by Gasteiger charge is 2.27. The van der Waals surface area contributed by atoms with E-state index in [1.165, 1.54) is 15.9 Å². The molecule has 0 aliphatic carbocycles. The monoisotopic (exact) mass is 429 g/mol.